The SMILES string of the molecule is CCCC(CCO)CNC(=O)C1CC2CCC1N2. The predicted octanol–water partition coefficient (Wildman–Crippen LogP) is 1.04. The first-order valence-electron chi connectivity index (χ1n) is 7.39. The van der Waals surface area contributed by atoms with E-state index in [9.17, 15) is 4.79 Å². The highest BCUT2D eigenvalue weighted by molar-refractivity contribution is 5.80. The smallest absolute Gasteiger partial charge is 0.224 e. The van der Waals surface area contributed by atoms with Crippen LogP contribution in [0.15, 0.2) is 0 Å². The second-order valence-corrected chi connectivity index (χ2v) is 5.80. The predicted molar refractivity (Wildman–Crippen MR) is 71.2 cm³/mol. The summed E-state index contributed by atoms with van der Waals surface area (Å²) >= 11 is 0. The van der Waals surface area contributed by atoms with Gasteiger partial charge in [-0.2, -0.15) is 0 Å². The highest BCUT2D eigenvalue weighted by Gasteiger charge is 2.42. The number of hydrogen-bond acceptors (Lipinski definition) is 3. The summed E-state index contributed by atoms with van der Waals surface area (Å²) in [6.45, 7) is 3.09. The van der Waals surface area contributed by atoms with Gasteiger partial charge in [0.2, 0.25) is 5.91 Å². The molecule has 3 N–H and O–H groups in total. The van der Waals surface area contributed by atoms with E-state index < -0.39 is 0 Å². The van der Waals surface area contributed by atoms with Crippen LogP contribution < -0.4 is 10.6 Å². The number of amides is 1. The maximum atomic E-state index is 12.1. The van der Waals surface area contributed by atoms with Crippen molar-refractivity contribution < 1.29 is 9.90 Å². The van der Waals surface area contributed by atoms with Gasteiger partial charge < -0.3 is 15.7 Å². The van der Waals surface area contributed by atoms with Gasteiger partial charge in [-0.1, -0.05) is 13.3 Å². The Morgan fingerprint density at radius 2 is 2.28 bits per heavy atom. The van der Waals surface area contributed by atoms with Crippen LogP contribution in [-0.2, 0) is 4.79 Å². The minimum absolute atomic E-state index is 0.181. The van der Waals surface area contributed by atoms with Crippen molar-refractivity contribution in [3.8, 4) is 0 Å². The van der Waals surface area contributed by atoms with Crippen LogP contribution in [0.3, 0.4) is 0 Å². The monoisotopic (exact) mass is 254 g/mol. The molecular formula is C14H26N2O2. The van der Waals surface area contributed by atoms with Crippen LogP contribution in [0.4, 0.5) is 0 Å². The number of carbonyl (C=O) groups is 1. The van der Waals surface area contributed by atoms with Gasteiger partial charge in [-0.15, -0.1) is 0 Å². The van der Waals surface area contributed by atoms with Gasteiger partial charge in [-0.05, 0) is 38.0 Å². The molecule has 0 aromatic carbocycles. The van der Waals surface area contributed by atoms with E-state index in [1.165, 1.54) is 6.42 Å². The molecule has 104 valence electrons. The topological polar surface area (TPSA) is 61.4 Å². The first-order chi connectivity index (χ1) is 8.74. The Hall–Kier alpha value is -0.610. The Kier molecular flexibility index (Phi) is 5.01. The molecule has 2 aliphatic rings. The number of aliphatic hydroxyl groups is 1. The van der Waals surface area contributed by atoms with Gasteiger partial charge in [-0.25, -0.2) is 0 Å². The molecule has 4 nitrogen and oxygen atoms in total. The van der Waals surface area contributed by atoms with Gasteiger partial charge in [0.25, 0.3) is 0 Å². The van der Waals surface area contributed by atoms with Crippen LogP contribution in [0.25, 0.3) is 0 Å². The van der Waals surface area contributed by atoms with E-state index in [0.29, 0.717) is 18.0 Å². The zero-order chi connectivity index (χ0) is 13.0. The highest BCUT2D eigenvalue weighted by atomic mass is 16.3. The Morgan fingerprint density at radius 3 is 2.83 bits per heavy atom. The lowest BCUT2D eigenvalue weighted by Gasteiger charge is -2.21. The molecule has 4 heteroatoms. The van der Waals surface area contributed by atoms with Crippen LogP contribution in [-0.4, -0.2) is 36.2 Å². The lowest BCUT2D eigenvalue weighted by atomic mass is 9.88. The number of rotatable bonds is 7. The molecule has 0 saturated carbocycles. The molecule has 0 aromatic rings. The first kappa shape index (κ1) is 13.8. The highest BCUT2D eigenvalue weighted by Crippen LogP contribution is 2.33. The summed E-state index contributed by atoms with van der Waals surface area (Å²) in [5, 5.41) is 15.6. The van der Waals surface area contributed by atoms with E-state index >= 15 is 0 Å². The van der Waals surface area contributed by atoms with Crippen molar-refractivity contribution in [2.45, 2.75) is 57.5 Å². The molecule has 2 aliphatic heterocycles. The largest absolute Gasteiger partial charge is 0.396 e. The zero-order valence-electron chi connectivity index (χ0n) is 11.3. The van der Waals surface area contributed by atoms with Crippen molar-refractivity contribution in [1.29, 1.82) is 0 Å². The summed E-state index contributed by atoms with van der Waals surface area (Å²) in [5.74, 6) is 0.824. The third kappa shape index (κ3) is 3.23. The number of aliphatic hydroxyl groups excluding tert-OH is 1. The van der Waals surface area contributed by atoms with E-state index in [-0.39, 0.29) is 18.4 Å². The van der Waals surface area contributed by atoms with Gasteiger partial charge >= 0.3 is 0 Å². The molecule has 18 heavy (non-hydrogen) atoms. The minimum Gasteiger partial charge on any atom is -0.396 e. The normalized spacial score (nSPS) is 31.6. The molecule has 2 heterocycles. The summed E-state index contributed by atoms with van der Waals surface area (Å²) in [6.07, 6.45) is 6.37. The van der Waals surface area contributed by atoms with Crippen molar-refractivity contribution in [2.75, 3.05) is 13.2 Å². The van der Waals surface area contributed by atoms with E-state index in [4.69, 9.17) is 5.11 Å². The molecule has 2 bridgehead atoms. The van der Waals surface area contributed by atoms with Crippen molar-refractivity contribution >= 4 is 5.91 Å². The molecule has 2 rings (SSSR count). The van der Waals surface area contributed by atoms with Gasteiger partial charge in [0.05, 0.1) is 5.92 Å². The standard InChI is InChI=1S/C14H26N2O2/c1-2-3-10(6-7-17)9-15-14(18)12-8-11-4-5-13(12)16-11/h10-13,16-17H,2-9H2,1H3,(H,15,18). The second-order valence-electron chi connectivity index (χ2n) is 5.80. The average molecular weight is 254 g/mol. The Bertz CT molecular complexity index is 277. The third-order valence-corrected chi connectivity index (χ3v) is 4.44. The van der Waals surface area contributed by atoms with Crippen molar-refractivity contribution in [2.24, 2.45) is 11.8 Å². The molecule has 0 radical (unpaired) electrons. The molecule has 0 aromatic heterocycles. The molecule has 4 atom stereocenters. The van der Waals surface area contributed by atoms with Crippen LogP contribution >= 0.6 is 0 Å². The van der Waals surface area contributed by atoms with Crippen LogP contribution in [0, 0.1) is 11.8 Å². The first-order valence-corrected chi connectivity index (χ1v) is 7.39. The molecule has 0 spiro atoms. The summed E-state index contributed by atoms with van der Waals surface area (Å²) in [6, 6.07) is 0.993. The quantitative estimate of drug-likeness (QED) is 0.636. The molecule has 1 amide bonds. The fraction of sp³-hybridized carbons (Fsp3) is 0.929. The van der Waals surface area contributed by atoms with Crippen LogP contribution in [0.1, 0.15) is 45.4 Å². The molecule has 4 unspecified atom stereocenters. The molecular weight excluding hydrogens is 228 g/mol. The zero-order valence-corrected chi connectivity index (χ0v) is 11.3. The van der Waals surface area contributed by atoms with Crippen LogP contribution in [0.2, 0.25) is 0 Å². The maximum absolute atomic E-state index is 12.1. The molecule has 0 aliphatic carbocycles. The van der Waals surface area contributed by atoms with Gasteiger partial charge in [0, 0.05) is 25.2 Å². The summed E-state index contributed by atoms with van der Waals surface area (Å²) in [5.41, 5.74) is 0. The minimum atomic E-state index is 0.181. The Morgan fingerprint density at radius 1 is 1.44 bits per heavy atom. The van der Waals surface area contributed by atoms with Crippen molar-refractivity contribution in [1.82, 2.24) is 10.6 Å². The average Bonchev–Trinajstić information content (AvgIpc) is 2.98. The maximum Gasteiger partial charge on any atom is 0.224 e. The van der Waals surface area contributed by atoms with E-state index in [1.807, 2.05) is 0 Å². The summed E-state index contributed by atoms with van der Waals surface area (Å²) in [7, 11) is 0. The van der Waals surface area contributed by atoms with Crippen LogP contribution in [0.5, 0.6) is 0 Å². The van der Waals surface area contributed by atoms with Gasteiger partial charge in [0.15, 0.2) is 0 Å². The third-order valence-electron chi connectivity index (χ3n) is 4.44. The number of hydrogen-bond donors (Lipinski definition) is 3. The van der Waals surface area contributed by atoms with Crippen molar-refractivity contribution in [3.63, 3.8) is 0 Å². The van der Waals surface area contributed by atoms with Gasteiger partial charge in [0.1, 0.15) is 0 Å². The summed E-state index contributed by atoms with van der Waals surface area (Å²) < 4.78 is 0. The van der Waals surface area contributed by atoms with Gasteiger partial charge in [-0.3, -0.25) is 4.79 Å². The lowest BCUT2D eigenvalue weighted by Crippen LogP contribution is -2.39. The number of carbonyl (C=O) groups excluding carboxylic acids is 1. The Balaban J connectivity index is 1.73. The lowest BCUT2D eigenvalue weighted by molar-refractivity contribution is -0.125. The van der Waals surface area contributed by atoms with Crippen molar-refractivity contribution in [3.05, 3.63) is 0 Å². The fourth-order valence-electron chi connectivity index (χ4n) is 3.43. The number of fused-ring (bicyclic) bond motifs is 2. The van der Waals surface area contributed by atoms with E-state index in [1.54, 1.807) is 0 Å². The van der Waals surface area contributed by atoms with E-state index in [0.717, 1.165) is 38.6 Å². The second kappa shape index (κ2) is 6.53. The fourth-order valence-corrected chi connectivity index (χ4v) is 3.43. The van der Waals surface area contributed by atoms with E-state index in [2.05, 4.69) is 17.6 Å². The summed E-state index contributed by atoms with van der Waals surface area (Å²) in [4.78, 5) is 12.1. The molecule has 2 saturated heterocycles. The molecule has 2 fully saturated rings. The number of nitrogens with one attached hydrogen (secondary N) is 2. The Labute approximate surface area is 110 Å².